The molecule has 0 radical (unpaired) electrons. The van der Waals surface area contributed by atoms with Crippen LogP contribution < -0.4 is 5.32 Å². The van der Waals surface area contributed by atoms with E-state index in [-0.39, 0.29) is 0 Å². The van der Waals surface area contributed by atoms with E-state index in [0.717, 1.165) is 36.0 Å². The molecule has 1 aliphatic rings. The summed E-state index contributed by atoms with van der Waals surface area (Å²) in [5.41, 5.74) is 3.18. The van der Waals surface area contributed by atoms with E-state index in [2.05, 4.69) is 29.5 Å². The number of H-pyrrole nitrogens is 1. The number of aromatic amines is 1. The Hall–Kier alpha value is -1.79. The van der Waals surface area contributed by atoms with Crippen molar-refractivity contribution in [1.29, 1.82) is 5.26 Å². The summed E-state index contributed by atoms with van der Waals surface area (Å²) in [6.07, 6.45) is 3.24. The van der Waals surface area contributed by atoms with Crippen molar-refractivity contribution < 1.29 is 0 Å². The molecule has 1 fully saturated rings. The van der Waals surface area contributed by atoms with E-state index in [4.69, 9.17) is 0 Å². The molecule has 2 atom stereocenters. The van der Waals surface area contributed by atoms with Crippen LogP contribution in [-0.2, 0) is 0 Å². The Morgan fingerprint density at radius 3 is 3.06 bits per heavy atom. The number of fused-ring (bicyclic) bond motifs is 1. The summed E-state index contributed by atoms with van der Waals surface area (Å²) < 4.78 is 0. The van der Waals surface area contributed by atoms with E-state index in [0.29, 0.717) is 11.8 Å². The normalized spacial score (nSPS) is 24.0. The summed E-state index contributed by atoms with van der Waals surface area (Å²) in [5.74, 6) is 1.17. The minimum absolute atomic E-state index is 0.550. The molecule has 0 aliphatic carbocycles. The molecule has 3 nitrogen and oxygen atoms in total. The number of nitrogens with zero attached hydrogens (tertiary/aromatic N) is 1. The van der Waals surface area contributed by atoms with Gasteiger partial charge in [0.25, 0.3) is 0 Å². The lowest BCUT2D eigenvalue weighted by atomic mass is 9.81. The first-order chi connectivity index (χ1) is 8.81. The second-order valence-electron chi connectivity index (χ2n) is 5.16. The van der Waals surface area contributed by atoms with Crippen LogP contribution in [0.5, 0.6) is 0 Å². The average molecular weight is 239 g/mol. The molecule has 92 valence electrons. The van der Waals surface area contributed by atoms with Crippen molar-refractivity contribution in [1.82, 2.24) is 10.3 Å². The molecule has 3 heteroatoms. The van der Waals surface area contributed by atoms with Crippen LogP contribution in [0.2, 0.25) is 0 Å². The summed E-state index contributed by atoms with van der Waals surface area (Å²) in [6.45, 7) is 4.41. The topological polar surface area (TPSA) is 51.6 Å². The minimum Gasteiger partial charge on any atom is -0.361 e. The third-order valence-corrected chi connectivity index (χ3v) is 4.04. The van der Waals surface area contributed by atoms with Gasteiger partial charge in [0.1, 0.15) is 0 Å². The average Bonchev–Trinajstić information content (AvgIpc) is 2.83. The first-order valence-corrected chi connectivity index (χ1v) is 6.52. The Morgan fingerprint density at radius 1 is 1.39 bits per heavy atom. The zero-order valence-electron chi connectivity index (χ0n) is 10.5. The van der Waals surface area contributed by atoms with E-state index in [9.17, 15) is 5.26 Å². The highest BCUT2D eigenvalue weighted by Gasteiger charge is 2.25. The fourth-order valence-electron chi connectivity index (χ4n) is 3.07. The van der Waals surface area contributed by atoms with E-state index in [1.54, 1.807) is 0 Å². The fourth-order valence-corrected chi connectivity index (χ4v) is 3.07. The standard InChI is InChI=1S/C15H17N3/c1-10-8-17-6-5-12(10)13-9-18-14-4-2-3-11(7-16)15(13)14/h2-4,9-10,12,17-18H,5-6,8H2,1H3. The van der Waals surface area contributed by atoms with Gasteiger partial charge in [0, 0.05) is 17.1 Å². The molecule has 0 amide bonds. The van der Waals surface area contributed by atoms with Gasteiger partial charge >= 0.3 is 0 Å². The number of piperidine rings is 1. The molecule has 0 spiro atoms. The van der Waals surface area contributed by atoms with Crippen LogP contribution in [0.25, 0.3) is 10.9 Å². The molecule has 0 saturated carbocycles. The van der Waals surface area contributed by atoms with Crippen molar-refractivity contribution in [3.05, 3.63) is 35.5 Å². The highest BCUT2D eigenvalue weighted by atomic mass is 14.9. The van der Waals surface area contributed by atoms with Crippen molar-refractivity contribution in [3.63, 3.8) is 0 Å². The van der Waals surface area contributed by atoms with Crippen molar-refractivity contribution in [3.8, 4) is 6.07 Å². The first-order valence-electron chi connectivity index (χ1n) is 6.52. The third-order valence-electron chi connectivity index (χ3n) is 4.04. The molecule has 18 heavy (non-hydrogen) atoms. The zero-order chi connectivity index (χ0) is 12.5. The molecule has 1 aromatic heterocycles. The SMILES string of the molecule is CC1CNCCC1c1c[nH]c2cccc(C#N)c12. The number of nitrogens with one attached hydrogen (secondary N) is 2. The summed E-state index contributed by atoms with van der Waals surface area (Å²) in [7, 11) is 0. The Labute approximate surface area is 107 Å². The van der Waals surface area contributed by atoms with E-state index in [1.807, 2.05) is 18.2 Å². The van der Waals surface area contributed by atoms with Crippen LogP contribution in [0, 0.1) is 17.2 Å². The van der Waals surface area contributed by atoms with E-state index < -0.39 is 0 Å². The molecule has 2 heterocycles. The van der Waals surface area contributed by atoms with Crippen LogP contribution in [0.15, 0.2) is 24.4 Å². The summed E-state index contributed by atoms with van der Waals surface area (Å²) >= 11 is 0. The van der Waals surface area contributed by atoms with Crippen LogP contribution in [0.1, 0.15) is 30.4 Å². The molecule has 2 aromatic rings. The molecule has 1 aliphatic heterocycles. The van der Waals surface area contributed by atoms with Gasteiger partial charge in [0.05, 0.1) is 11.6 Å². The second kappa shape index (κ2) is 4.47. The number of benzene rings is 1. The highest BCUT2D eigenvalue weighted by Crippen LogP contribution is 2.35. The van der Waals surface area contributed by atoms with E-state index in [1.165, 1.54) is 5.56 Å². The molecule has 0 bridgehead atoms. The molecule has 1 aromatic carbocycles. The largest absolute Gasteiger partial charge is 0.361 e. The summed E-state index contributed by atoms with van der Waals surface area (Å²) in [4.78, 5) is 3.31. The Kier molecular flexibility index (Phi) is 2.81. The van der Waals surface area contributed by atoms with Crippen molar-refractivity contribution in [2.24, 2.45) is 5.92 Å². The van der Waals surface area contributed by atoms with Crippen LogP contribution in [-0.4, -0.2) is 18.1 Å². The number of rotatable bonds is 1. The predicted molar refractivity (Wildman–Crippen MR) is 72.4 cm³/mol. The zero-order valence-corrected chi connectivity index (χ0v) is 10.5. The van der Waals surface area contributed by atoms with Gasteiger partial charge in [-0.05, 0) is 49.0 Å². The smallest absolute Gasteiger partial charge is 0.0998 e. The lowest BCUT2D eigenvalue weighted by Gasteiger charge is -2.29. The van der Waals surface area contributed by atoms with Crippen molar-refractivity contribution >= 4 is 10.9 Å². The van der Waals surface area contributed by atoms with Crippen LogP contribution >= 0.6 is 0 Å². The van der Waals surface area contributed by atoms with Crippen LogP contribution in [0.3, 0.4) is 0 Å². The van der Waals surface area contributed by atoms with Crippen molar-refractivity contribution in [2.75, 3.05) is 13.1 Å². The van der Waals surface area contributed by atoms with Crippen molar-refractivity contribution in [2.45, 2.75) is 19.3 Å². The maximum atomic E-state index is 9.27. The first kappa shape index (κ1) is 11.3. The predicted octanol–water partition coefficient (Wildman–Crippen LogP) is 2.75. The van der Waals surface area contributed by atoms with E-state index >= 15 is 0 Å². The summed E-state index contributed by atoms with van der Waals surface area (Å²) in [6, 6.07) is 8.21. The van der Waals surface area contributed by atoms with Gasteiger partial charge < -0.3 is 10.3 Å². The minimum atomic E-state index is 0.550. The van der Waals surface area contributed by atoms with Gasteiger partial charge in [-0.3, -0.25) is 0 Å². The molecular formula is C15H17N3. The fraction of sp³-hybridized carbons (Fsp3) is 0.400. The van der Waals surface area contributed by atoms with Gasteiger partial charge in [-0.1, -0.05) is 13.0 Å². The quantitative estimate of drug-likeness (QED) is 0.804. The Bertz CT molecular complexity index is 606. The molecule has 3 rings (SSSR count). The van der Waals surface area contributed by atoms with Gasteiger partial charge in [-0.25, -0.2) is 0 Å². The monoisotopic (exact) mass is 239 g/mol. The number of nitriles is 1. The Morgan fingerprint density at radius 2 is 2.28 bits per heavy atom. The van der Waals surface area contributed by atoms with Crippen LogP contribution in [0.4, 0.5) is 0 Å². The number of hydrogen-bond donors (Lipinski definition) is 2. The third kappa shape index (κ3) is 1.70. The maximum Gasteiger partial charge on any atom is 0.0998 e. The number of aromatic nitrogens is 1. The summed E-state index contributed by atoms with van der Waals surface area (Å²) in [5, 5.41) is 13.8. The van der Waals surface area contributed by atoms with Gasteiger partial charge in [-0.2, -0.15) is 5.26 Å². The van der Waals surface area contributed by atoms with Gasteiger partial charge in [0.15, 0.2) is 0 Å². The highest BCUT2D eigenvalue weighted by molar-refractivity contribution is 5.89. The Balaban J connectivity index is 2.14. The lowest BCUT2D eigenvalue weighted by molar-refractivity contribution is 0.351. The second-order valence-corrected chi connectivity index (χ2v) is 5.16. The van der Waals surface area contributed by atoms with Gasteiger partial charge in [-0.15, -0.1) is 0 Å². The maximum absolute atomic E-state index is 9.27. The molecular weight excluding hydrogens is 222 g/mol. The molecule has 2 N–H and O–H groups in total. The number of hydrogen-bond acceptors (Lipinski definition) is 2. The lowest BCUT2D eigenvalue weighted by Crippen LogP contribution is -2.33. The molecule has 1 saturated heterocycles. The molecule has 2 unspecified atom stereocenters. The van der Waals surface area contributed by atoms with Gasteiger partial charge in [0.2, 0.25) is 0 Å².